The van der Waals surface area contributed by atoms with Crippen molar-refractivity contribution >= 4 is 5.97 Å². The first-order valence-electron chi connectivity index (χ1n) is 5.92. The summed E-state index contributed by atoms with van der Waals surface area (Å²) in [5, 5.41) is 0. The summed E-state index contributed by atoms with van der Waals surface area (Å²) in [6, 6.07) is -0.153. The van der Waals surface area contributed by atoms with E-state index in [0.29, 0.717) is 19.6 Å². The van der Waals surface area contributed by atoms with Crippen LogP contribution in [0.15, 0.2) is 0 Å². The summed E-state index contributed by atoms with van der Waals surface area (Å²) in [5.41, 5.74) is 5.87. The second-order valence-corrected chi connectivity index (χ2v) is 5.48. The lowest BCUT2D eigenvalue weighted by Gasteiger charge is -2.28. The SMILES string of the molecule is CC(C)(C)C(N)CC(=O)OC1CCOCC1. The molecule has 4 nitrogen and oxygen atoms in total. The van der Waals surface area contributed by atoms with Gasteiger partial charge in [0.15, 0.2) is 0 Å². The monoisotopic (exact) mass is 229 g/mol. The van der Waals surface area contributed by atoms with Crippen molar-refractivity contribution in [2.75, 3.05) is 13.2 Å². The molecule has 0 aromatic heterocycles. The Morgan fingerprint density at radius 2 is 2.00 bits per heavy atom. The van der Waals surface area contributed by atoms with Crippen LogP contribution < -0.4 is 5.73 Å². The van der Waals surface area contributed by atoms with Crippen LogP contribution in [0.1, 0.15) is 40.0 Å². The van der Waals surface area contributed by atoms with Crippen molar-refractivity contribution in [2.24, 2.45) is 11.1 Å². The van der Waals surface area contributed by atoms with Gasteiger partial charge in [-0.2, -0.15) is 0 Å². The van der Waals surface area contributed by atoms with Gasteiger partial charge in [-0.1, -0.05) is 20.8 Å². The molecule has 1 unspecified atom stereocenters. The molecule has 1 rings (SSSR count). The number of carbonyl (C=O) groups excluding carboxylic acids is 1. The van der Waals surface area contributed by atoms with E-state index < -0.39 is 0 Å². The van der Waals surface area contributed by atoms with Crippen LogP contribution in [0.3, 0.4) is 0 Å². The topological polar surface area (TPSA) is 61.6 Å². The van der Waals surface area contributed by atoms with E-state index in [1.54, 1.807) is 0 Å². The number of hydrogen-bond donors (Lipinski definition) is 1. The Morgan fingerprint density at radius 1 is 1.44 bits per heavy atom. The van der Waals surface area contributed by atoms with Gasteiger partial charge < -0.3 is 15.2 Å². The van der Waals surface area contributed by atoms with Gasteiger partial charge in [0.2, 0.25) is 0 Å². The first kappa shape index (κ1) is 13.5. The van der Waals surface area contributed by atoms with Crippen LogP contribution in [0.4, 0.5) is 0 Å². The van der Waals surface area contributed by atoms with E-state index in [2.05, 4.69) is 0 Å². The average molecular weight is 229 g/mol. The van der Waals surface area contributed by atoms with Crippen LogP contribution in [0.5, 0.6) is 0 Å². The Kier molecular flexibility index (Phi) is 4.74. The first-order valence-corrected chi connectivity index (χ1v) is 5.92. The molecule has 1 saturated heterocycles. The minimum atomic E-state index is -0.186. The van der Waals surface area contributed by atoms with Crippen molar-refractivity contribution < 1.29 is 14.3 Å². The average Bonchev–Trinajstić information content (AvgIpc) is 2.17. The van der Waals surface area contributed by atoms with Crippen molar-refractivity contribution in [3.05, 3.63) is 0 Å². The highest BCUT2D eigenvalue weighted by molar-refractivity contribution is 5.70. The smallest absolute Gasteiger partial charge is 0.307 e. The Balaban J connectivity index is 2.29. The lowest BCUT2D eigenvalue weighted by Crippen LogP contribution is -2.38. The van der Waals surface area contributed by atoms with E-state index in [-0.39, 0.29) is 23.5 Å². The first-order chi connectivity index (χ1) is 7.39. The number of nitrogens with two attached hydrogens (primary N) is 1. The molecule has 0 amide bonds. The molecule has 1 aliphatic rings. The van der Waals surface area contributed by atoms with Gasteiger partial charge in [-0.05, 0) is 5.41 Å². The zero-order valence-corrected chi connectivity index (χ0v) is 10.5. The highest BCUT2D eigenvalue weighted by Crippen LogP contribution is 2.21. The number of esters is 1. The van der Waals surface area contributed by atoms with Crippen molar-refractivity contribution in [1.29, 1.82) is 0 Å². The summed E-state index contributed by atoms with van der Waals surface area (Å²) in [4.78, 5) is 11.6. The molecule has 94 valence electrons. The number of rotatable bonds is 3. The lowest BCUT2D eigenvalue weighted by molar-refractivity contribution is -0.154. The summed E-state index contributed by atoms with van der Waals surface area (Å²) in [7, 11) is 0. The normalized spacial score (nSPS) is 20.5. The minimum absolute atomic E-state index is 0.0217. The van der Waals surface area contributed by atoms with E-state index in [1.165, 1.54) is 0 Å². The Labute approximate surface area is 97.5 Å². The van der Waals surface area contributed by atoms with E-state index >= 15 is 0 Å². The van der Waals surface area contributed by atoms with Crippen molar-refractivity contribution in [2.45, 2.75) is 52.2 Å². The molecule has 1 aliphatic heterocycles. The predicted octanol–water partition coefficient (Wildman–Crippen LogP) is 1.47. The standard InChI is InChI=1S/C12H23NO3/c1-12(2,3)10(13)8-11(14)16-9-4-6-15-7-5-9/h9-10H,4-8,13H2,1-3H3. The van der Waals surface area contributed by atoms with Gasteiger partial charge in [0, 0.05) is 18.9 Å². The Morgan fingerprint density at radius 3 is 2.50 bits per heavy atom. The van der Waals surface area contributed by atoms with Crippen LogP contribution in [0, 0.1) is 5.41 Å². The Bertz CT molecular complexity index is 229. The van der Waals surface area contributed by atoms with Gasteiger partial charge >= 0.3 is 5.97 Å². The third kappa shape index (κ3) is 4.49. The summed E-state index contributed by atoms with van der Waals surface area (Å²) in [6.45, 7) is 7.45. The molecule has 0 radical (unpaired) electrons. The van der Waals surface area contributed by atoms with Crippen LogP contribution in [-0.4, -0.2) is 31.3 Å². The molecule has 0 saturated carbocycles. The summed E-state index contributed by atoms with van der Waals surface area (Å²) >= 11 is 0. The lowest BCUT2D eigenvalue weighted by atomic mass is 9.85. The molecule has 1 fully saturated rings. The third-order valence-electron chi connectivity index (χ3n) is 2.97. The van der Waals surface area contributed by atoms with E-state index in [9.17, 15) is 4.79 Å². The maximum Gasteiger partial charge on any atom is 0.307 e. The van der Waals surface area contributed by atoms with Crippen LogP contribution in [0.25, 0.3) is 0 Å². The third-order valence-corrected chi connectivity index (χ3v) is 2.97. The van der Waals surface area contributed by atoms with Gasteiger partial charge in [-0.15, -0.1) is 0 Å². The van der Waals surface area contributed by atoms with Crippen LogP contribution >= 0.6 is 0 Å². The van der Waals surface area contributed by atoms with Crippen LogP contribution in [-0.2, 0) is 14.3 Å². The van der Waals surface area contributed by atoms with Crippen molar-refractivity contribution in [3.8, 4) is 0 Å². The molecule has 0 spiro atoms. The zero-order valence-electron chi connectivity index (χ0n) is 10.5. The van der Waals surface area contributed by atoms with Gasteiger partial charge in [0.25, 0.3) is 0 Å². The molecular formula is C12H23NO3. The molecule has 2 N–H and O–H groups in total. The fraction of sp³-hybridized carbons (Fsp3) is 0.917. The highest BCUT2D eigenvalue weighted by atomic mass is 16.6. The predicted molar refractivity (Wildman–Crippen MR) is 62.0 cm³/mol. The Hall–Kier alpha value is -0.610. The van der Waals surface area contributed by atoms with Gasteiger partial charge in [-0.25, -0.2) is 0 Å². The molecule has 1 atom stereocenters. The van der Waals surface area contributed by atoms with Crippen LogP contribution in [0.2, 0.25) is 0 Å². The van der Waals surface area contributed by atoms with E-state index in [1.807, 2.05) is 20.8 Å². The minimum Gasteiger partial charge on any atom is -0.462 e. The van der Waals surface area contributed by atoms with E-state index in [4.69, 9.17) is 15.2 Å². The molecule has 16 heavy (non-hydrogen) atoms. The summed E-state index contributed by atoms with van der Waals surface area (Å²) in [6.07, 6.45) is 1.92. The maximum atomic E-state index is 11.6. The molecule has 0 aliphatic carbocycles. The maximum absolute atomic E-state index is 11.6. The summed E-state index contributed by atoms with van der Waals surface area (Å²) in [5.74, 6) is -0.186. The molecular weight excluding hydrogens is 206 g/mol. The number of hydrogen-bond acceptors (Lipinski definition) is 4. The van der Waals surface area contributed by atoms with Crippen molar-refractivity contribution in [1.82, 2.24) is 0 Å². The fourth-order valence-electron chi connectivity index (χ4n) is 1.51. The van der Waals surface area contributed by atoms with E-state index in [0.717, 1.165) is 12.8 Å². The van der Waals surface area contributed by atoms with Gasteiger partial charge in [0.1, 0.15) is 6.10 Å². The molecule has 1 heterocycles. The zero-order chi connectivity index (χ0) is 12.2. The number of ether oxygens (including phenoxy) is 2. The second kappa shape index (κ2) is 5.64. The quantitative estimate of drug-likeness (QED) is 0.744. The van der Waals surface area contributed by atoms with Crippen molar-refractivity contribution in [3.63, 3.8) is 0 Å². The van der Waals surface area contributed by atoms with Gasteiger partial charge in [-0.3, -0.25) is 4.79 Å². The molecule has 0 aromatic carbocycles. The highest BCUT2D eigenvalue weighted by Gasteiger charge is 2.25. The fourth-order valence-corrected chi connectivity index (χ4v) is 1.51. The largest absolute Gasteiger partial charge is 0.462 e. The van der Waals surface area contributed by atoms with Gasteiger partial charge in [0.05, 0.1) is 19.6 Å². The molecule has 0 aromatic rings. The molecule has 0 bridgehead atoms. The summed E-state index contributed by atoms with van der Waals surface area (Å²) < 4.78 is 10.6. The molecule has 4 heteroatoms. The number of carbonyl (C=O) groups is 1. The second-order valence-electron chi connectivity index (χ2n) is 5.48.